The zero-order valence-corrected chi connectivity index (χ0v) is 18.4. The van der Waals surface area contributed by atoms with Crippen molar-refractivity contribution in [2.24, 2.45) is 5.92 Å². The van der Waals surface area contributed by atoms with Gasteiger partial charge in [0.05, 0.1) is 12.0 Å². The Bertz CT molecular complexity index is 1010. The number of benzene rings is 2. The second-order valence-corrected chi connectivity index (χ2v) is 9.36. The van der Waals surface area contributed by atoms with E-state index in [1.165, 1.54) is 12.1 Å². The van der Waals surface area contributed by atoms with Gasteiger partial charge < -0.3 is 9.84 Å². The van der Waals surface area contributed by atoms with E-state index in [2.05, 4.69) is 0 Å². The van der Waals surface area contributed by atoms with Gasteiger partial charge in [0.15, 0.2) is 5.67 Å². The van der Waals surface area contributed by atoms with Gasteiger partial charge in [-0.1, -0.05) is 29.8 Å². The molecule has 33 heavy (non-hydrogen) atoms. The number of nitrogens with zero attached hydrogens (tertiary/aromatic N) is 1. The smallest absolute Gasteiger partial charge is 0.416 e. The molecule has 1 aliphatic heterocycles. The number of likely N-dealkylation sites (tertiary alicyclic amines) is 1. The van der Waals surface area contributed by atoms with Crippen molar-refractivity contribution in [2.45, 2.75) is 50.5 Å². The van der Waals surface area contributed by atoms with Crippen molar-refractivity contribution in [3.63, 3.8) is 0 Å². The Balaban J connectivity index is 1.34. The molecule has 1 saturated carbocycles. The van der Waals surface area contributed by atoms with E-state index >= 15 is 4.39 Å². The molecule has 1 atom stereocenters. The van der Waals surface area contributed by atoms with Crippen molar-refractivity contribution in [2.75, 3.05) is 19.7 Å². The van der Waals surface area contributed by atoms with Gasteiger partial charge in [-0.3, -0.25) is 9.69 Å². The molecule has 1 heterocycles. The number of carboxylic acids is 1. The number of carbonyl (C=O) groups is 1. The molecule has 4 rings (SSSR count). The van der Waals surface area contributed by atoms with Crippen LogP contribution in [0, 0.1) is 12.8 Å². The van der Waals surface area contributed by atoms with E-state index in [0.717, 1.165) is 30.0 Å². The summed E-state index contributed by atoms with van der Waals surface area (Å²) in [5, 5.41) is 9.20. The maximum atomic E-state index is 15.1. The number of halogens is 4. The highest BCUT2D eigenvalue weighted by Crippen LogP contribution is 2.45. The fourth-order valence-corrected chi connectivity index (χ4v) is 4.62. The van der Waals surface area contributed by atoms with Gasteiger partial charge in [-0.05, 0) is 60.9 Å². The minimum absolute atomic E-state index is 0.0123. The van der Waals surface area contributed by atoms with Gasteiger partial charge in [-0.2, -0.15) is 13.2 Å². The average Bonchev–Trinajstić information content (AvgIpc) is 3.54. The molecule has 1 saturated heterocycles. The van der Waals surface area contributed by atoms with Gasteiger partial charge in [0.1, 0.15) is 12.4 Å². The van der Waals surface area contributed by atoms with Gasteiger partial charge in [0.25, 0.3) is 0 Å². The van der Waals surface area contributed by atoms with Crippen LogP contribution < -0.4 is 4.74 Å². The maximum absolute atomic E-state index is 15.1. The molecule has 2 aromatic rings. The lowest BCUT2D eigenvalue weighted by Crippen LogP contribution is -2.61. The summed E-state index contributed by atoms with van der Waals surface area (Å²) in [4.78, 5) is 12.9. The lowest BCUT2D eigenvalue weighted by Gasteiger charge is -2.44. The molecule has 2 aliphatic rings. The second-order valence-electron chi connectivity index (χ2n) is 9.36. The monoisotopic (exact) mass is 465 g/mol. The van der Waals surface area contributed by atoms with E-state index in [9.17, 15) is 23.1 Å². The number of hydrogen-bond donors (Lipinski definition) is 1. The van der Waals surface area contributed by atoms with Crippen LogP contribution in [0.3, 0.4) is 0 Å². The minimum atomic E-state index is -4.45. The first-order valence-corrected chi connectivity index (χ1v) is 11.0. The normalized spacial score (nSPS) is 19.1. The molecule has 0 amide bonds. The molecule has 1 aliphatic carbocycles. The largest absolute Gasteiger partial charge is 0.490 e. The van der Waals surface area contributed by atoms with Crippen LogP contribution in [0.25, 0.3) is 0 Å². The van der Waals surface area contributed by atoms with Crippen LogP contribution in [0.15, 0.2) is 42.5 Å². The van der Waals surface area contributed by atoms with Gasteiger partial charge in [-0.25, -0.2) is 4.39 Å². The summed E-state index contributed by atoms with van der Waals surface area (Å²) in [5.41, 5.74) is -0.595. The predicted molar refractivity (Wildman–Crippen MR) is 115 cm³/mol. The van der Waals surface area contributed by atoms with Crippen molar-refractivity contribution < 1.29 is 32.2 Å². The lowest BCUT2D eigenvalue weighted by molar-refractivity contribution is -0.139. The molecule has 0 radical (unpaired) electrons. The highest BCUT2D eigenvalue weighted by atomic mass is 19.4. The van der Waals surface area contributed by atoms with Crippen LogP contribution >= 0.6 is 0 Å². The highest BCUT2D eigenvalue weighted by Gasteiger charge is 2.45. The molecule has 8 heteroatoms. The van der Waals surface area contributed by atoms with Crippen LogP contribution in [0.4, 0.5) is 17.6 Å². The summed E-state index contributed by atoms with van der Waals surface area (Å²) in [5.74, 6) is -0.108. The van der Waals surface area contributed by atoms with Gasteiger partial charge in [0, 0.05) is 19.6 Å². The van der Waals surface area contributed by atoms with E-state index in [0.29, 0.717) is 11.7 Å². The highest BCUT2D eigenvalue weighted by molar-refractivity contribution is 5.68. The molecular weight excluding hydrogens is 438 g/mol. The van der Waals surface area contributed by atoms with E-state index in [4.69, 9.17) is 4.74 Å². The third kappa shape index (κ3) is 5.85. The van der Waals surface area contributed by atoms with Gasteiger partial charge in [-0.15, -0.1) is 0 Å². The molecule has 2 aromatic carbocycles. The van der Waals surface area contributed by atoms with Crippen LogP contribution in [0.5, 0.6) is 5.75 Å². The lowest BCUT2D eigenvalue weighted by atomic mass is 9.91. The van der Waals surface area contributed by atoms with Crippen molar-refractivity contribution >= 4 is 5.97 Å². The minimum Gasteiger partial charge on any atom is -0.490 e. The zero-order chi connectivity index (χ0) is 23.8. The number of rotatable bonds is 9. The van der Waals surface area contributed by atoms with Gasteiger partial charge >= 0.3 is 12.1 Å². The summed E-state index contributed by atoms with van der Waals surface area (Å²) in [7, 11) is 0. The number of aliphatic carboxylic acids is 1. The Morgan fingerprint density at radius 2 is 1.94 bits per heavy atom. The van der Waals surface area contributed by atoms with E-state index in [1.807, 2.05) is 6.07 Å². The van der Waals surface area contributed by atoms with Crippen LogP contribution in [-0.2, 0) is 17.5 Å². The first-order chi connectivity index (χ1) is 15.5. The predicted octanol–water partition coefficient (Wildman–Crippen LogP) is 5.59. The summed E-state index contributed by atoms with van der Waals surface area (Å²) in [6, 6.07) is 11.1. The first-order valence-electron chi connectivity index (χ1n) is 11.0. The molecule has 4 nitrogen and oxygen atoms in total. The van der Waals surface area contributed by atoms with Gasteiger partial charge in [0.2, 0.25) is 0 Å². The Hall–Kier alpha value is -2.61. The number of hydrogen-bond acceptors (Lipinski definition) is 3. The molecule has 0 spiro atoms. The van der Waals surface area contributed by atoms with Crippen molar-refractivity contribution in [3.05, 3.63) is 64.7 Å². The van der Waals surface area contributed by atoms with Crippen molar-refractivity contribution in [1.29, 1.82) is 0 Å². The third-order valence-electron chi connectivity index (χ3n) is 6.34. The molecule has 178 valence electrons. The Labute approximate surface area is 190 Å². The number of ether oxygens (including phenoxy) is 1. The number of aryl methyl sites for hydroxylation is 1. The van der Waals surface area contributed by atoms with E-state index < -0.39 is 23.4 Å². The molecule has 0 unspecified atom stereocenters. The molecule has 0 aromatic heterocycles. The third-order valence-corrected chi connectivity index (χ3v) is 6.34. The van der Waals surface area contributed by atoms with Crippen LogP contribution in [-0.4, -0.2) is 41.3 Å². The molecule has 0 bridgehead atoms. The topological polar surface area (TPSA) is 49.8 Å². The quantitative estimate of drug-likeness (QED) is 0.491. The average molecular weight is 465 g/mol. The summed E-state index contributed by atoms with van der Waals surface area (Å²) in [6.07, 6.45) is -2.39. The fraction of sp³-hybridized carbons (Fsp3) is 0.480. The molecule has 2 fully saturated rings. The van der Waals surface area contributed by atoms with Crippen LogP contribution in [0.1, 0.15) is 47.4 Å². The summed E-state index contributed by atoms with van der Waals surface area (Å²) < 4.78 is 60.6. The van der Waals surface area contributed by atoms with E-state index in [-0.39, 0.29) is 44.1 Å². The standard InChI is InChI=1S/C25H27F4NO3/c1-16-5-8-22(25(27,28)29)19(9-16)12-30-13-24(26,14-30)15-33-20-4-2-3-18(10-20)21(11-23(31)32)17-6-7-17/h2-5,8-10,17,21H,6-7,11-15H2,1H3,(H,31,32)/t21-/m0/s1. The van der Waals surface area contributed by atoms with E-state index in [1.54, 1.807) is 30.0 Å². The Morgan fingerprint density at radius 1 is 1.21 bits per heavy atom. The molecular formula is C25H27F4NO3. The summed E-state index contributed by atoms with van der Waals surface area (Å²) in [6.45, 7) is 1.52. The zero-order valence-electron chi connectivity index (χ0n) is 18.4. The maximum Gasteiger partial charge on any atom is 0.416 e. The van der Waals surface area contributed by atoms with Crippen molar-refractivity contribution in [3.8, 4) is 5.75 Å². The Kier molecular flexibility index (Phi) is 6.40. The number of alkyl halides is 4. The SMILES string of the molecule is Cc1ccc(C(F)(F)F)c(CN2CC(F)(COc3cccc([C@@H](CC(=O)O)C4CC4)c3)C2)c1. The first kappa shape index (κ1) is 23.5. The summed E-state index contributed by atoms with van der Waals surface area (Å²) >= 11 is 0. The van der Waals surface area contributed by atoms with Crippen LogP contribution in [0.2, 0.25) is 0 Å². The fourth-order valence-electron chi connectivity index (χ4n) is 4.62. The van der Waals surface area contributed by atoms with Crippen molar-refractivity contribution in [1.82, 2.24) is 4.90 Å². The second kappa shape index (κ2) is 8.97. The Morgan fingerprint density at radius 3 is 2.58 bits per heavy atom. The molecule has 1 N–H and O–H groups in total. The number of carboxylic acid groups (broad SMARTS) is 1.